The third-order valence-corrected chi connectivity index (χ3v) is 4.88. The van der Waals surface area contributed by atoms with Crippen LogP contribution in [0.4, 0.5) is 11.6 Å². The number of ether oxygens (including phenoxy) is 2. The highest BCUT2D eigenvalue weighted by Crippen LogP contribution is 2.29. The number of halogens is 2. The second kappa shape index (κ2) is 9.90. The number of hydrogen-bond acceptors (Lipinski definition) is 7. The van der Waals surface area contributed by atoms with Crippen LogP contribution in [0.5, 0.6) is 0 Å². The van der Waals surface area contributed by atoms with Crippen molar-refractivity contribution in [3.63, 3.8) is 0 Å². The monoisotopic (exact) mass is 455 g/mol. The summed E-state index contributed by atoms with van der Waals surface area (Å²) in [7, 11) is 1.74. The third-order valence-electron chi connectivity index (χ3n) is 4.14. The van der Waals surface area contributed by atoms with Crippen molar-refractivity contribution in [1.29, 1.82) is 0 Å². The van der Waals surface area contributed by atoms with Gasteiger partial charge in [-0.05, 0) is 18.2 Å². The minimum absolute atomic E-state index is 0.165. The molecule has 0 saturated carbocycles. The van der Waals surface area contributed by atoms with E-state index in [2.05, 4.69) is 15.1 Å². The molecule has 0 aliphatic heterocycles. The number of rotatable bonds is 10. The summed E-state index contributed by atoms with van der Waals surface area (Å²) in [6.07, 6.45) is 1.51. The lowest BCUT2D eigenvalue weighted by Gasteiger charge is -2.18. The molecule has 3 aromatic rings. The molecule has 10 nitrogen and oxygen atoms in total. The molecule has 0 fully saturated rings. The van der Waals surface area contributed by atoms with Gasteiger partial charge in [0.1, 0.15) is 12.1 Å². The first-order chi connectivity index (χ1) is 14.4. The zero-order valence-electron chi connectivity index (χ0n) is 16.0. The van der Waals surface area contributed by atoms with Crippen molar-refractivity contribution in [2.24, 2.45) is 0 Å². The number of fused-ring (bicyclic) bond motifs is 1. The molecule has 0 atom stereocenters. The minimum Gasteiger partial charge on any atom is -0.480 e. The lowest BCUT2D eigenvalue weighted by Crippen LogP contribution is -2.21. The van der Waals surface area contributed by atoms with Crippen LogP contribution in [0.2, 0.25) is 10.0 Å². The molecular weight excluding hydrogens is 437 g/mol. The first-order valence-electron chi connectivity index (χ1n) is 8.88. The number of carbonyl (C=O) groups is 1. The molecule has 160 valence electrons. The first kappa shape index (κ1) is 22.0. The number of carboxylic acids is 1. The molecule has 0 amide bonds. The fourth-order valence-corrected chi connectivity index (χ4v) is 2.96. The molecule has 0 unspecified atom stereocenters. The molecule has 0 aliphatic carbocycles. The van der Waals surface area contributed by atoms with E-state index in [9.17, 15) is 9.59 Å². The molecule has 12 heteroatoms. The van der Waals surface area contributed by atoms with E-state index in [1.165, 1.54) is 10.9 Å². The summed E-state index contributed by atoms with van der Waals surface area (Å²) in [6.45, 7) is 0.637. The van der Waals surface area contributed by atoms with Crippen LogP contribution in [0.25, 0.3) is 11.0 Å². The van der Waals surface area contributed by atoms with Crippen LogP contribution in [0.1, 0.15) is 0 Å². The van der Waals surface area contributed by atoms with Crippen LogP contribution in [0.3, 0.4) is 0 Å². The number of hydrogen-bond donors (Lipinski definition) is 2. The van der Waals surface area contributed by atoms with Crippen LogP contribution in [-0.2, 0) is 20.8 Å². The average molecular weight is 456 g/mol. The maximum Gasteiger partial charge on any atom is 0.329 e. The Bertz CT molecular complexity index is 1100. The Morgan fingerprint density at radius 3 is 2.73 bits per heavy atom. The fraction of sp³-hybridized carbons (Fsp3) is 0.333. The summed E-state index contributed by atoms with van der Waals surface area (Å²) in [5.41, 5.74) is 1.12. The van der Waals surface area contributed by atoms with E-state index in [4.69, 9.17) is 37.8 Å². The Morgan fingerprint density at radius 1 is 1.23 bits per heavy atom. The highest BCUT2D eigenvalue weighted by atomic mass is 35.5. The van der Waals surface area contributed by atoms with Gasteiger partial charge in [-0.1, -0.05) is 23.2 Å². The summed E-state index contributed by atoms with van der Waals surface area (Å²) in [4.78, 5) is 31.9. The molecule has 2 heterocycles. The molecule has 0 spiro atoms. The normalized spacial score (nSPS) is 11.2. The van der Waals surface area contributed by atoms with E-state index in [-0.39, 0.29) is 32.0 Å². The van der Waals surface area contributed by atoms with Crippen molar-refractivity contribution in [1.82, 2.24) is 19.7 Å². The van der Waals surface area contributed by atoms with Crippen molar-refractivity contribution >= 4 is 51.8 Å². The van der Waals surface area contributed by atoms with Gasteiger partial charge in [0.2, 0.25) is 5.95 Å². The number of nitrogens with one attached hydrogen (secondary N) is 1. The van der Waals surface area contributed by atoms with Gasteiger partial charge in [0, 0.05) is 12.7 Å². The largest absolute Gasteiger partial charge is 0.480 e. The van der Waals surface area contributed by atoms with Gasteiger partial charge < -0.3 is 19.5 Å². The molecular formula is C18H19Cl2N5O5. The highest BCUT2D eigenvalue weighted by molar-refractivity contribution is 6.42. The smallest absolute Gasteiger partial charge is 0.329 e. The number of nitrogens with zero attached hydrogens (tertiary/aromatic N) is 4. The molecule has 1 aromatic carbocycles. The second-order valence-electron chi connectivity index (χ2n) is 6.21. The van der Waals surface area contributed by atoms with E-state index in [1.807, 2.05) is 0 Å². The van der Waals surface area contributed by atoms with Gasteiger partial charge >= 0.3 is 5.97 Å². The Kier molecular flexibility index (Phi) is 7.27. The molecule has 3 rings (SSSR count). The molecule has 0 radical (unpaired) electrons. The van der Waals surface area contributed by atoms with Crippen molar-refractivity contribution in [2.45, 2.75) is 6.54 Å². The van der Waals surface area contributed by atoms with Gasteiger partial charge in [-0.2, -0.15) is 5.10 Å². The van der Waals surface area contributed by atoms with E-state index in [1.54, 1.807) is 30.1 Å². The van der Waals surface area contributed by atoms with Gasteiger partial charge in [0.15, 0.2) is 5.52 Å². The summed E-state index contributed by atoms with van der Waals surface area (Å²) in [5.74, 6) is -0.703. The Balaban J connectivity index is 1.67. The van der Waals surface area contributed by atoms with Crippen LogP contribution in [-0.4, -0.2) is 64.3 Å². The number of carboxylic acid groups (broad SMARTS) is 1. The topological polar surface area (TPSA) is 123 Å². The lowest BCUT2D eigenvalue weighted by atomic mass is 10.3. The van der Waals surface area contributed by atoms with Gasteiger partial charge in [0.05, 0.1) is 42.6 Å². The molecule has 2 N–H and O–H groups in total. The maximum absolute atomic E-state index is 12.6. The number of H-pyrrole nitrogens is 1. The molecule has 2 aromatic heterocycles. The van der Waals surface area contributed by atoms with Crippen LogP contribution >= 0.6 is 23.2 Å². The zero-order chi connectivity index (χ0) is 21.7. The van der Waals surface area contributed by atoms with Crippen LogP contribution in [0.15, 0.2) is 29.2 Å². The fourth-order valence-electron chi connectivity index (χ4n) is 2.67. The summed E-state index contributed by atoms with van der Waals surface area (Å²) >= 11 is 12.0. The third kappa shape index (κ3) is 5.28. The Morgan fingerprint density at radius 2 is 2.00 bits per heavy atom. The minimum atomic E-state index is -1.03. The second-order valence-corrected chi connectivity index (χ2v) is 7.02. The standard InChI is InChI=1S/C18H19Cl2N5O5/c1-24(11-2-3-12(19)13(20)8-11)18-22-14-9-21-25(16(14)17(28)23-18)4-5-29-6-7-30-10-15(26)27/h2-3,8-9H,4-7,10H2,1H3,(H,26,27)(H,22,23,28). The van der Waals surface area contributed by atoms with E-state index < -0.39 is 5.97 Å². The quantitative estimate of drug-likeness (QED) is 0.446. The first-order valence-corrected chi connectivity index (χ1v) is 9.64. The van der Waals surface area contributed by atoms with Gasteiger partial charge in [-0.15, -0.1) is 0 Å². The highest BCUT2D eigenvalue weighted by Gasteiger charge is 2.14. The average Bonchev–Trinajstić information content (AvgIpc) is 3.12. The van der Waals surface area contributed by atoms with Gasteiger partial charge in [0.25, 0.3) is 5.56 Å². The maximum atomic E-state index is 12.6. The van der Waals surface area contributed by atoms with Crippen molar-refractivity contribution < 1.29 is 19.4 Å². The molecule has 0 aliphatic rings. The van der Waals surface area contributed by atoms with Gasteiger partial charge in [-0.25, -0.2) is 9.78 Å². The van der Waals surface area contributed by atoms with Crippen molar-refractivity contribution in [3.05, 3.63) is 44.8 Å². The van der Waals surface area contributed by atoms with Gasteiger partial charge in [-0.3, -0.25) is 14.5 Å². The summed E-state index contributed by atoms with van der Waals surface area (Å²) in [6, 6.07) is 5.10. The van der Waals surface area contributed by atoms with Crippen LogP contribution < -0.4 is 10.5 Å². The zero-order valence-corrected chi connectivity index (χ0v) is 17.5. The van der Waals surface area contributed by atoms with E-state index in [0.717, 1.165) is 0 Å². The summed E-state index contributed by atoms with van der Waals surface area (Å²) in [5, 5.41) is 13.5. The predicted molar refractivity (Wildman–Crippen MR) is 112 cm³/mol. The predicted octanol–water partition coefficient (Wildman–Crippen LogP) is 2.31. The molecule has 0 saturated heterocycles. The Hall–Kier alpha value is -2.66. The SMILES string of the molecule is CN(c1ccc(Cl)c(Cl)c1)c1nc2cnn(CCOCCOCC(=O)O)c2c(=O)[nH]1. The molecule has 0 bridgehead atoms. The number of aromatic nitrogens is 4. The number of aliphatic carboxylic acids is 1. The van der Waals surface area contributed by atoms with Crippen molar-refractivity contribution in [2.75, 3.05) is 38.4 Å². The number of benzene rings is 1. The van der Waals surface area contributed by atoms with Crippen LogP contribution in [0, 0.1) is 0 Å². The Labute approximate surface area is 180 Å². The lowest BCUT2D eigenvalue weighted by molar-refractivity contribution is -0.142. The molecule has 30 heavy (non-hydrogen) atoms. The number of aromatic amines is 1. The van der Waals surface area contributed by atoms with E-state index in [0.29, 0.717) is 39.3 Å². The summed E-state index contributed by atoms with van der Waals surface area (Å²) < 4.78 is 11.8. The number of anilines is 2. The van der Waals surface area contributed by atoms with Crippen molar-refractivity contribution in [3.8, 4) is 0 Å². The van der Waals surface area contributed by atoms with E-state index >= 15 is 0 Å².